The first-order valence-corrected chi connectivity index (χ1v) is 32.5. The fourth-order valence-corrected chi connectivity index (χ4v) is 5.75. The number of benzene rings is 6. The van der Waals surface area contributed by atoms with Gasteiger partial charge in [-0.15, -0.1) is 0 Å². The summed E-state index contributed by atoms with van der Waals surface area (Å²) in [6.45, 7) is 51.4. The Morgan fingerprint density at radius 1 is 0.284 bits per heavy atom. The van der Waals surface area contributed by atoms with Crippen LogP contribution in [0.25, 0.3) is 16.8 Å². The first kappa shape index (κ1) is 101. The van der Waals surface area contributed by atoms with Crippen molar-refractivity contribution < 1.29 is 0 Å². The highest BCUT2D eigenvalue weighted by Gasteiger charge is 2.00. The van der Waals surface area contributed by atoms with Crippen molar-refractivity contribution in [3.63, 3.8) is 0 Å². The van der Waals surface area contributed by atoms with E-state index >= 15 is 0 Å². The Balaban J connectivity index is -0.0000000745. The number of allylic oxidation sites excluding steroid dienone is 5. The van der Waals surface area contributed by atoms with Crippen LogP contribution in [0, 0.1) is 0 Å². The van der Waals surface area contributed by atoms with Crippen molar-refractivity contribution >= 4 is 16.8 Å². The van der Waals surface area contributed by atoms with Crippen LogP contribution >= 0.6 is 0 Å². The first-order valence-electron chi connectivity index (χ1n) is 32.5. The molecular formula is C81H144. The van der Waals surface area contributed by atoms with Gasteiger partial charge in [-0.3, -0.25) is 0 Å². The van der Waals surface area contributed by atoms with Crippen molar-refractivity contribution in [2.24, 2.45) is 0 Å². The summed E-state index contributed by atoms with van der Waals surface area (Å²) in [6, 6.07) is 56.7. The third-order valence-corrected chi connectivity index (χ3v) is 8.60. The summed E-state index contributed by atoms with van der Waals surface area (Å²) in [4.78, 5) is 0. The van der Waals surface area contributed by atoms with Gasteiger partial charge in [0, 0.05) is 0 Å². The molecule has 0 heteroatoms. The molecule has 468 valence electrons. The number of aryl methyl sites for hydroxylation is 1. The van der Waals surface area contributed by atoms with Crippen LogP contribution in [0.2, 0.25) is 0 Å². The quantitative estimate of drug-likeness (QED) is 0.166. The molecule has 6 aromatic carbocycles. The lowest BCUT2D eigenvalue weighted by Gasteiger charge is -2.00. The molecule has 0 N–H and O–H groups in total. The lowest BCUT2D eigenvalue weighted by Crippen LogP contribution is -1.85. The van der Waals surface area contributed by atoms with Gasteiger partial charge in [0.2, 0.25) is 0 Å². The van der Waals surface area contributed by atoms with Gasteiger partial charge in [-0.2, -0.15) is 0 Å². The molecule has 0 aliphatic heterocycles. The monoisotopic (exact) mass is 1120 g/mol. The minimum Gasteiger partial charge on any atom is -0.0808 e. The molecule has 0 atom stereocenters. The molecule has 1 saturated carbocycles. The normalized spacial score (nSPS) is 9.44. The van der Waals surface area contributed by atoms with E-state index in [4.69, 9.17) is 0 Å². The predicted molar refractivity (Wildman–Crippen MR) is 393 cm³/mol. The molecule has 3 aliphatic carbocycles. The topological polar surface area (TPSA) is 0 Å². The van der Waals surface area contributed by atoms with E-state index < -0.39 is 0 Å². The van der Waals surface area contributed by atoms with Crippen LogP contribution < -0.4 is 0 Å². The summed E-state index contributed by atoms with van der Waals surface area (Å²) in [7, 11) is 0. The standard InChI is InChI=1S/C13H12.C10H8.C9H8.C8H10.C5H10.C5H6.5C3H8.7C2H6.2CH4/c1-3-7-12(8-4-1)11-13-9-5-2-6-10-13;1-2-6-10-8-4-3-7-9(10)5-1;1-2-5-9-7-3-6-8(9)4-1;1-2-8-6-4-3-5-7-8;2*1-2-4-5-3-1;5*1-3-2;7*1-2;;/h1-10H,11H2;1-8H;1-6H,7H2;3-7H,2H2,1H3;1-5H2;1-4H,5H2;5*3H2,1-2H3;7*1-2H3;2*1H4. The molecule has 1 fully saturated rings. The maximum atomic E-state index is 2.20. The predicted octanol–water partition coefficient (Wildman–Crippen LogP) is 29.6. The van der Waals surface area contributed by atoms with Crippen molar-refractivity contribution in [1.29, 1.82) is 0 Å². The third kappa shape index (κ3) is 81.4. The van der Waals surface area contributed by atoms with Crippen LogP contribution in [0.3, 0.4) is 0 Å². The summed E-state index contributed by atoms with van der Waals surface area (Å²) in [5.41, 5.74) is 6.99. The Hall–Kier alpha value is -5.20. The Morgan fingerprint density at radius 3 is 0.765 bits per heavy atom. The second-order valence-corrected chi connectivity index (χ2v) is 16.0. The summed E-state index contributed by atoms with van der Waals surface area (Å²) in [5.74, 6) is 0. The van der Waals surface area contributed by atoms with Crippen molar-refractivity contribution in [2.45, 2.75) is 278 Å². The second-order valence-electron chi connectivity index (χ2n) is 16.0. The van der Waals surface area contributed by atoms with Gasteiger partial charge in [-0.25, -0.2) is 0 Å². The molecule has 9 rings (SSSR count). The second kappa shape index (κ2) is 103. The largest absolute Gasteiger partial charge is 0.0808 e. The molecule has 3 aliphatic rings. The van der Waals surface area contributed by atoms with Gasteiger partial charge in [-0.1, -0.05) is 452 Å². The van der Waals surface area contributed by atoms with Gasteiger partial charge in [0.25, 0.3) is 0 Å². The lowest BCUT2D eigenvalue weighted by molar-refractivity contribution is 0.886. The van der Waals surface area contributed by atoms with Crippen molar-refractivity contribution in [3.8, 4) is 0 Å². The van der Waals surface area contributed by atoms with Crippen molar-refractivity contribution in [1.82, 2.24) is 0 Å². The molecule has 0 unspecified atom stereocenters. The Morgan fingerprint density at radius 2 is 0.531 bits per heavy atom. The molecule has 0 aromatic heterocycles. The average molecular weight is 1120 g/mol. The highest BCUT2D eigenvalue weighted by atomic mass is 14.1. The molecule has 0 amide bonds. The first-order chi connectivity index (χ1) is 38.9. The van der Waals surface area contributed by atoms with Gasteiger partial charge >= 0.3 is 0 Å². The zero-order valence-electron chi connectivity index (χ0n) is 57.5. The SMILES string of the molecule is C.C.C1=CCC=C1.C1=Cc2ccccc2C1.C1CCCC1.CC.CC.CC.CC.CC.CC.CC.CCC.CCC.CCC.CCC.CCC.CCc1ccccc1.c1ccc(Cc2ccccc2)cc1.c1ccc2ccccc2c1. The number of fused-ring (bicyclic) bond motifs is 2. The third-order valence-electron chi connectivity index (χ3n) is 8.60. The van der Waals surface area contributed by atoms with Crippen LogP contribution in [0.4, 0.5) is 0 Å². The zero-order chi connectivity index (χ0) is 62.3. The van der Waals surface area contributed by atoms with Crippen LogP contribution in [-0.4, -0.2) is 0 Å². The van der Waals surface area contributed by atoms with E-state index in [1.54, 1.807) is 0 Å². The summed E-state index contributed by atoms with van der Waals surface area (Å²) in [6.07, 6.45) is 30.9. The minimum atomic E-state index is 0. The molecule has 0 bridgehead atoms. The van der Waals surface area contributed by atoms with E-state index in [0.717, 1.165) is 25.7 Å². The molecule has 0 nitrogen and oxygen atoms in total. The van der Waals surface area contributed by atoms with Crippen LogP contribution in [0.1, 0.15) is 286 Å². The molecule has 0 saturated heterocycles. The van der Waals surface area contributed by atoms with E-state index in [2.05, 4.69) is 270 Å². The zero-order valence-corrected chi connectivity index (χ0v) is 57.5. The van der Waals surface area contributed by atoms with E-state index in [1.807, 2.05) is 103 Å². The molecule has 0 heterocycles. The molecule has 6 aromatic rings. The maximum Gasteiger partial charge on any atom is -0.00258 e. The minimum absolute atomic E-state index is 0. The van der Waals surface area contributed by atoms with E-state index in [1.165, 1.54) is 103 Å². The van der Waals surface area contributed by atoms with Gasteiger partial charge in [-0.05, 0) is 64.3 Å². The number of hydrogen-bond donors (Lipinski definition) is 0. The number of rotatable bonds is 3. The Bertz CT molecular complexity index is 1760. The highest BCUT2D eigenvalue weighted by molar-refractivity contribution is 5.82. The molecule has 0 spiro atoms. The van der Waals surface area contributed by atoms with Crippen molar-refractivity contribution in [2.75, 3.05) is 0 Å². The van der Waals surface area contributed by atoms with E-state index in [9.17, 15) is 0 Å². The molecule has 81 heavy (non-hydrogen) atoms. The van der Waals surface area contributed by atoms with Gasteiger partial charge in [0.05, 0.1) is 0 Å². The van der Waals surface area contributed by atoms with Crippen LogP contribution in [-0.2, 0) is 19.3 Å². The summed E-state index contributed by atoms with van der Waals surface area (Å²) >= 11 is 0. The Kier molecular flexibility index (Phi) is 129. The van der Waals surface area contributed by atoms with Gasteiger partial charge in [0.15, 0.2) is 0 Å². The average Bonchev–Trinajstić information content (AvgIpc) is 4.40. The van der Waals surface area contributed by atoms with E-state index in [0.29, 0.717) is 0 Å². The fraction of sp³-hybridized carbons (Fsp3) is 0.506. The molecular weight excluding hydrogens is 973 g/mol. The number of hydrogen-bond acceptors (Lipinski definition) is 0. The Labute approximate surface area is 514 Å². The van der Waals surface area contributed by atoms with E-state index in [-0.39, 0.29) is 14.9 Å². The molecule has 0 radical (unpaired) electrons. The summed E-state index contributed by atoms with van der Waals surface area (Å²) < 4.78 is 0. The lowest BCUT2D eigenvalue weighted by atomic mass is 10.1. The smallest absolute Gasteiger partial charge is 0.00258 e. The van der Waals surface area contributed by atoms with Gasteiger partial charge in [0.1, 0.15) is 0 Å². The maximum absolute atomic E-state index is 2.20. The van der Waals surface area contributed by atoms with Crippen LogP contribution in [0.15, 0.2) is 194 Å². The van der Waals surface area contributed by atoms with Gasteiger partial charge < -0.3 is 0 Å². The van der Waals surface area contributed by atoms with Crippen molar-refractivity contribution in [3.05, 3.63) is 222 Å². The van der Waals surface area contributed by atoms with Crippen LogP contribution in [0.5, 0.6) is 0 Å². The highest BCUT2D eigenvalue weighted by Crippen LogP contribution is 2.18. The fourth-order valence-electron chi connectivity index (χ4n) is 5.75. The summed E-state index contributed by atoms with van der Waals surface area (Å²) in [5, 5.41) is 2.62.